The number of aryl methyl sites for hydroxylation is 1. The third-order valence-corrected chi connectivity index (χ3v) is 6.35. The summed E-state index contributed by atoms with van der Waals surface area (Å²) in [5, 5.41) is 12.9. The van der Waals surface area contributed by atoms with Crippen LogP contribution in [0.5, 0.6) is 5.75 Å². The van der Waals surface area contributed by atoms with E-state index in [1.165, 1.54) is 61.6 Å². The number of anilines is 1. The fraction of sp³-hybridized carbons (Fsp3) is 0.174. The van der Waals surface area contributed by atoms with Crippen LogP contribution >= 0.6 is 0 Å². The molecule has 0 heterocycles. The summed E-state index contributed by atoms with van der Waals surface area (Å²) in [4.78, 5) is 12.5. The molecule has 0 aliphatic rings. The second-order valence-corrected chi connectivity index (χ2v) is 9.13. The van der Waals surface area contributed by atoms with Crippen molar-refractivity contribution < 1.29 is 36.2 Å². The molecule has 0 spiro atoms. The van der Waals surface area contributed by atoms with Crippen LogP contribution in [0.1, 0.15) is 17.2 Å². The van der Waals surface area contributed by atoms with E-state index >= 15 is 0 Å². The van der Waals surface area contributed by atoms with Crippen LogP contribution < -0.4 is 14.8 Å². The lowest BCUT2D eigenvalue weighted by Gasteiger charge is -2.16. The van der Waals surface area contributed by atoms with Crippen molar-refractivity contribution in [2.24, 2.45) is 0 Å². The number of benzene rings is 3. The minimum Gasteiger partial charge on any atom is -0.405 e. The van der Waals surface area contributed by atoms with Crippen LogP contribution in [0.15, 0.2) is 71.6 Å². The Morgan fingerprint density at radius 3 is 2.24 bits per heavy atom. The number of rotatable bonds is 7. The Balaban J connectivity index is 1.78. The van der Waals surface area contributed by atoms with Crippen LogP contribution in [-0.2, 0) is 14.8 Å². The molecule has 0 fully saturated rings. The van der Waals surface area contributed by atoms with Crippen LogP contribution in [0, 0.1) is 6.92 Å². The number of halogens is 3. The van der Waals surface area contributed by atoms with E-state index in [2.05, 4.69) is 14.8 Å². The topological polar surface area (TPSA) is 105 Å². The third kappa shape index (κ3) is 5.93. The zero-order valence-corrected chi connectivity index (χ0v) is 18.9. The van der Waals surface area contributed by atoms with Gasteiger partial charge in [0.1, 0.15) is 5.75 Å². The largest absolute Gasteiger partial charge is 0.573 e. The van der Waals surface area contributed by atoms with Gasteiger partial charge in [0.15, 0.2) is 6.10 Å². The number of sulfonamides is 1. The van der Waals surface area contributed by atoms with Gasteiger partial charge in [-0.3, -0.25) is 4.79 Å². The first-order valence-electron chi connectivity index (χ1n) is 9.89. The van der Waals surface area contributed by atoms with Crippen molar-refractivity contribution in [1.29, 1.82) is 0 Å². The number of hydrogen-bond donors (Lipinski definition) is 3. The second-order valence-electron chi connectivity index (χ2n) is 7.24. The van der Waals surface area contributed by atoms with Crippen molar-refractivity contribution in [3.8, 4) is 16.9 Å². The molecular weight excluding hydrogens is 473 g/mol. The summed E-state index contributed by atoms with van der Waals surface area (Å²) in [6, 6.07) is 15.4. The highest BCUT2D eigenvalue weighted by atomic mass is 32.2. The highest BCUT2D eigenvalue weighted by molar-refractivity contribution is 7.89. The molecule has 0 aromatic heterocycles. The Labute approximate surface area is 194 Å². The molecule has 0 radical (unpaired) electrons. The summed E-state index contributed by atoms with van der Waals surface area (Å²) in [6.07, 6.45) is -6.42. The molecule has 0 saturated carbocycles. The molecule has 11 heteroatoms. The number of carbonyl (C=O) groups is 1. The maximum Gasteiger partial charge on any atom is 0.573 e. The van der Waals surface area contributed by atoms with Crippen molar-refractivity contribution in [3.05, 3.63) is 77.9 Å². The summed E-state index contributed by atoms with van der Waals surface area (Å²) in [5.41, 5.74) is 1.76. The monoisotopic (exact) mass is 494 g/mol. The van der Waals surface area contributed by atoms with E-state index in [1.54, 1.807) is 19.1 Å². The van der Waals surface area contributed by atoms with Crippen LogP contribution in [-0.4, -0.2) is 32.8 Å². The van der Waals surface area contributed by atoms with Crippen molar-refractivity contribution in [2.45, 2.75) is 24.3 Å². The van der Waals surface area contributed by atoms with E-state index in [9.17, 15) is 31.5 Å². The lowest BCUT2D eigenvalue weighted by Crippen LogP contribution is -2.21. The molecule has 1 atom stereocenters. The zero-order chi connectivity index (χ0) is 25.1. The number of alkyl halides is 3. The van der Waals surface area contributed by atoms with Crippen molar-refractivity contribution in [2.75, 3.05) is 12.4 Å². The van der Waals surface area contributed by atoms with Gasteiger partial charge in [0, 0.05) is 11.3 Å². The maximum atomic E-state index is 12.7. The van der Waals surface area contributed by atoms with Crippen molar-refractivity contribution in [1.82, 2.24) is 4.72 Å². The number of ether oxygens (including phenoxy) is 1. The van der Waals surface area contributed by atoms with Crippen LogP contribution in [0.3, 0.4) is 0 Å². The summed E-state index contributed by atoms with van der Waals surface area (Å²) >= 11 is 0. The fourth-order valence-electron chi connectivity index (χ4n) is 3.26. The number of hydrogen-bond acceptors (Lipinski definition) is 5. The first-order valence-corrected chi connectivity index (χ1v) is 11.4. The molecule has 3 rings (SSSR count). The Kier molecular flexibility index (Phi) is 7.29. The van der Waals surface area contributed by atoms with Crippen LogP contribution in [0.4, 0.5) is 18.9 Å². The van der Waals surface area contributed by atoms with Gasteiger partial charge in [0.2, 0.25) is 10.0 Å². The first-order chi connectivity index (χ1) is 15.9. The average Bonchev–Trinajstić information content (AvgIpc) is 2.78. The van der Waals surface area contributed by atoms with Crippen molar-refractivity contribution >= 4 is 21.6 Å². The Morgan fingerprint density at radius 2 is 1.65 bits per heavy atom. The summed E-state index contributed by atoms with van der Waals surface area (Å²) in [6.45, 7) is 1.66. The lowest BCUT2D eigenvalue weighted by atomic mass is 9.99. The Hall–Kier alpha value is -3.41. The lowest BCUT2D eigenvalue weighted by molar-refractivity contribution is -0.274. The number of amides is 1. The summed E-state index contributed by atoms with van der Waals surface area (Å²) in [5.74, 6) is -1.12. The fourth-order valence-corrected chi connectivity index (χ4v) is 3.99. The molecule has 0 saturated heterocycles. The van der Waals surface area contributed by atoms with E-state index in [4.69, 9.17) is 0 Å². The summed E-state index contributed by atoms with van der Waals surface area (Å²) in [7, 11) is -2.39. The number of para-hydroxylation sites is 1. The minimum absolute atomic E-state index is 0.0210. The van der Waals surface area contributed by atoms with Gasteiger partial charge in [-0.2, -0.15) is 0 Å². The molecule has 0 bridgehead atoms. The molecule has 3 N–H and O–H groups in total. The van der Waals surface area contributed by atoms with Gasteiger partial charge in [-0.25, -0.2) is 13.1 Å². The third-order valence-electron chi connectivity index (χ3n) is 4.92. The number of aliphatic hydroxyl groups excluding tert-OH is 1. The van der Waals surface area contributed by atoms with Gasteiger partial charge in [0.05, 0.1) is 4.90 Å². The number of nitrogens with one attached hydrogen (secondary N) is 2. The molecule has 1 unspecified atom stereocenters. The highest BCUT2D eigenvalue weighted by Crippen LogP contribution is 2.36. The SMILES string of the molecule is CNS(=O)(=O)c1ccc(C(O)C(=O)Nc2ccc(-c3ccccc3OC(F)(F)F)c(C)c2)cc1. The molecule has 180 valence electrons. The number of carbonyl (C=O) groups excluding carboxylic acids is 1. The van der Waals surface area contributed by atoms with Gasteiger partial charge in [-0.1, -0.05) is 36.4 Å². The maximum absolute atomic E-state index is 12.7. The van der Waals surface area contributed by atoms with Gasteiger partial charge < -0.3 is 15.2 Å². The van der Waals surface area contributed by atoms with E-state index in [0.29, 0.717) is 16.8 Å². The standard InChI is InChI=1S/C23H21F3N2O5S/c1-14-13-16(9-12-18(14)19-5-3-4-6-20(19)33-23(24,25)26)28-22(30)21(29)15-7-10-17(11-8-15)34(31,32)27-2/h3-13,21,27,29H,1-2H3,(H,28,30). The van der Waals surface area contributed by atoms with E-state index in [-0.39, 0.29) is 21.8 Å². The number of aliphatic hydroxyl groups is 1. The molecule has 0 aliphatic carbocycles. The van der Waals surface area contributed by atoms with Gasteiger partial charge in [-0.15, -0.1) is 13.2 Å². The van der Waals surface area contributed by atoms with Crippen molar-refractivity contribution in [3.63, 3.8) is 0 Å². The molecule has 3 aromatic carbocycles. The van der Waals surface area contributed by atoms with Crippen LogP contribution in [0.25, 0.3) is 11.1 Å². The van der Waals surface area contributed by atoms with E-state index in [0.717, 1.165) is 0 Å². The Bertz CT molecular complexity index is 1290. The highest BCUT2D eigenvalue weighted by Gasteiger charge is 2.32. The molecule has 3 aromatic rings. The normalized spacial score (nSPS) is 12.8. The molecule has 1 amide bonds. The molecular formula is C23H21F3N2O5S. The minimum atomic E-state index is -4.84. The zero-order valence-electron chi connectivity index (χ0n) is 18.1. The van der Waals surface area contributed by atoms with E-state index < -0.39 is 28.4 Å². The quantitative estimate of drug-likeness (QED) is 0.458. The Morgan fingerprint density at radius 1 is 1.00 bits per heavy atom. The predicted octanol–water partition coefficient (Wildman–Crippen LogP) is 4.14. The molecule has 0 aliphatic heterocycles. The average molecular weight is 494 g/mol. The predicted molar refractivity (Wildman–Crippen MR) is 120 cm³/mol. The smallest absolute Gasteiger partial charge is 0.405 e. The second kappa shape index (κ2) is 9.84. The van der Waals surface area contributed by atoms with Gasteiger partial charge in [-0.05, 0) is 61.0 Å². The van der Waals surface area contributed by atoms with Crippen LogP contribution in [0.2, 0.25) is 0 Å². The van der Waals surface area contributed by atoms with E-state index in [1.807, 2.05) is 0 Å². The van der Waals surface area contributed by atoms with Gasteiger partial charge >= 0.3 is 6.36 Å². The van der Waals surface area contributed by atoms with Gasteiger partial charge in [0.25, 0.3) is 5.91 Å². The summed E-state index contributed by atoms with van der Waals surface area (Å²) < 4.78 is 68.1. The first kappa shape index (κ1) is 25.2. The molecule has 34 heavy (non-hydrogen) atoms. The molecule has 7 nitrogen and oxygen atoms in total.